The molecule has 12 heteroatoms. The van der Waals surface area contributed by atoms with E-state index in [0.717, 1.165) is 11.6 Å². The molecule has 3 amide bonds. The van der Waals surface area contributed by atoms with Crippen molar-refractivity contribution < 1.29 is 18.0 Å². The Morgan fingerprint density at radius 1 is 1.08 bits per heavy atom. The van der Waals surface area contributed by atoms with Crippen molar-refractivity contribution in [3.8, 4) is 11.4 Å². The molecule has 0 saturated carbocycles. The highest BCUT2D eigenvalue weighted by Gasteiger charge is 2.36. The zero-order chi connectivity index (χ0) is 27.9. The van der Waals surface area contributed by atoms with Crippen molar-refractivity contribution in [2.75, 3.05) is 17.7 Å². The monoisotopic (exact) mass is 545 g/mol. The highest BCUT2D eigenvalue weighted by Crippen LogP contribution is 2.25. The summed E-state index contributed by atoms with van der Waals surface area (Å²) in [6.45, 7) is 6.10. The highest BCUT2D eigenvalue weighted by atomic mass is 32.2. The van der Waals surface area contributed by atoms with E-state index in [1.165, 1.54) is 12.3 Å². The molecule has 0 atom stereocenters. The Kier molecular flexibility index (Phi) is 6.51. The first-order valence-corrected chi connectivity index (χ1v) is 14.1. The number of nitrogens with zero attached hydrogens (tertiary/aromatic N) is 5. The number of carbonyl (C=O) groups is 2. The summed E-state index contributed by atoms with van der Waals surface area (Å²) >= 11 is 0. The number of aromatic nitrogens is 4. The molecule has 200 valence electrons. The summed E-state index contributed by atoms with van der Waals surface area (Å²) in [4.78, 5) is 44.6. The van der Waals surface area contributed by atoms with Crippen LogP contribution in [0.2, 0.25) is 0 Å². The molecule has 0 bridgehead atoms. The standard InChI is InChI=1S/C27H27N7O4S/c1-16-23(39(4,37)38)10-18(13-28-16)25(35)30-14-19-11-22-17(12-29-19)8-9-21(31-22)20-6-5-7-24(32-20)34-15-27(2,3)33-26(34)36/h5-13H,14-15H2,1-4H3,(H,30,35)(H,33,36). The number of hydrogen-bond donors (Lipinski definition) is 2. The minimum Gasteiger partial charge on any atom is -0.346 e. The van der Waals surface area contributed by atoms with Gasteiger partial charge in [0.2, 0.25) is 0 Å². The SMILES string of the molecule is Cc1ncc(C(=O)NCc2cc3nc(-c4cccc(N5CC(C)(C)NC5=O)n4)ccc3cn2)cc1S(C)(=O)=O. The second-order valence-electron chi connectivity index (χ2n) is 10.1. The Labute approximate surface area is 225 Å². The fraction of sp³-hybridized carbons (Fsp3) is 0.259. The van der Waals surface area contributed by atoms with E-state index >= 15 is 0 Å². The number of hydrogen-bond acceptors (Lipinski definition) is 8. The molecule has 0 aromatic carbocycles. The van der Waals surface area contributed by atoms with Gasteiger partial charge in [-0.05, 0) is 57.2 Å². The van der Waals surface area contributed by atoms with Gasteiger partial charge in [0.05, 0.1) is 57.4 Å². The van der Waals surface area contributed by atoms with Crippen LogP contribution in [0.5, 0.6) is 0 Å². The Bertz CT molecular complexity index is 1740. The molecule has 1 saturated heterocycles. The van der Waals surface area contributed by atoms with Crippen molar-refractivity contribution in [2.24, 2.45) is 0 Å². The summed E-state index contributed by atoms with van der Waals surface area (Å²) in [5, 5.41) is 6.50. The van der Waals surface area contributed by atoms with Crippen molar-refractivity contribution in [1.82, 2.24) is 30.6 Å². The number of nitrogens with one attached hydrogen (secondary N) is 2. The molecule has 0 unspecified atom stereocenters. The van der Waals surface area contributed by atoms with E-state index < -0.39 is 15.7 Å². The summed E-state index contributed by atoms with van der Waals surface area (Å²) in [6, 6.07) is 12.1. The minimum atomic E-state index is -3.51. The largest absolute Gasteiger partial charge is 0.346 e. The van der Waals surface area contributed by atoms with Crippen LogP contribution in [0.3, 0.4) is 0 Å². The van der Waals surface area contributed by atoms with E-state index in [2.05, 4.69) is 25.6 Å². The zero-order valence-corrected chi connectivity index (χ0v) is 22.7. The second kappa shape index (κ2) is 9.70. The number of anilines is 1. The molecule has 0 radical (unpaired) electrons. The molecule has 0 spiro atoms. The van der Waals surface area contributed by atoms with Crippen molar-refractivity contribution in [2.45, 2.75) is 37.8 Å². The molecular formula is C27H27N7O4S. The van der Waals surface area contributed by atoms with E-state index in [1.54, 1.807) is 30.2 Å². The number of sulfone groups is 1. The number of rotatable bonds is 6. The van der Waals surface area contributed by atoms with Gasteiger partial charge in [-0.25, -0.2) is 23.2 Å². The first-order valence-electron chi connectivity index (χ1n) is 12.2. The minimum absolute atomic E-state index is 0.0162. The van der Waals surface area contributed by atoms with E-state index in [0.29, 0.717) is 40.7 Å². The maximum absolute atomic E-state index is 12.7. The highest BCUT2D eigenvalue weighted by molar-refractivity contribution is 7.90. The molecule has 0 aliphatic carbocycles. The fourth-order valence-corrected chi connectivity index (χ4v) is 5.28. The van der Waals surface area contributed by atoms with E-state index in [4.69, 9.17) is 4.98 Å². The normalized spacial score (nSPS) is 14.9. The molecule has 5 rings (SSSR count). The van der Waals surface area contributed by atoms with Crippen molar-refractivity contribution in [1.29, 1.82) is 0 Å². The predicted octanol–water partition coefficient (Wildman–Crippen LogP) is 3.04. The molecule has 2 N–H and O–H groups in total. The summed E-state index contributed by atoms with van der Waals surface area (Å²) < 4.78 is 23.9. The predicted molar refractivity (Wildman–Crippen MR) is 146 cm³/mol. The molecule has 5 heterocycles. The van der Waals surface area contributed by atoms with Crippen LogP contribution in [0.25, 0.3) is 22.3 Å². The van der Waals surface area contributed by atoms with Crippen LogP contribution < -0.4 is 15.5 Å². The van der Waals surface area contributed by atoms with E-state index in [-0.39, 0.29) is 28.6 Å². The van der Waals surface area contributed by atoms with Gasteiger partial charge in [0, 0.05) is 24.0 Å². The van der Waals surface area contributed by atoms with Gasteiger partial charge in [0.1, 0.15) is 5.82 Å². The van der Waals surface area contributed by atoms with Gasteiger partial charge in [-0.2, -0.15) is 0 Å². The first-order chi connectivity index (χ1) is 18.4. The number of carbonyl (C=O) groups excluding carboxylic acids is 2. The van der Waals surface area contributed by atoms with Crippen molar-refractivity contribution in [3.63, 3.8) is 0 Å². The smallest absolute Gasteiger partial charge is 0.323 e. The Morgan fingerprint density at radius 2 is 1.85 bits per heavy atom. The lowest BCUT2D eigenvalue weighted by Gasteiger charge is -2.17. The third kappa shape index (κ3) is 5.55. The Balaban J connectivity index is 1.36. The van der Waals surface area contributed by atoms with Gasteiger partial charge in [0.25, 0.3) is 5.91 Å². The number of amides is 3. The summed E-state index contributed by atoms with van der Waals surface area (Å²) in [5.41, 5.74) is 2.61. The van der Waals surface area contributed by atoms with Crippen molar-refractivity contribution in [3.05, 3.63) is 71.8 Å². The topological polar surface area (TPSA) is 147 Å². The number of urea groups is 1. The quantitative estimate of drug-likeness (QED) is 0.376. The Morgan fingerprint density at radius 3 is 2.56 bits per heavy atom. The fourth-order valence-electron chi connectivity index (χ4n) is 4.35. The molecule has 1 fully saturated rings. The number of pyridine rings is 4. The second-order valence-corrected chi connectivity index (χ2v) is 12.1. The van der Waals surface area contributed by atoms with Gasteiger partial charge in [-0.3, -0.25) is 19.7 Å². The van der Waals surface area contributed by atoms with Gasteiger partial charge < -0.3 is 10.6 Å². The molecular weight excluding hydrogens is 518 g/mol. The van der Waals surface area contributed by atoms with Gasteiger partial charge >= 0.3 is 6.03 Å². The number of aryl methyl sites for hydroxylation is 1. The van der Waals surface area contributed by atoms with Crippen LogP contribution in [0.4, 0.5) is 10.6 Å². The van der Waals surface area contributed by atoms with Crippen LogP contribution in [-0.4, -0.2) is 58.6 Å². The zero-order valence-electron chi connectivity index (χ0n) is 21.9. The molecule has 1 aliphatic rings. The average Bonchev–Trinajstić information content (AvgIpc) is 3.18. The van der Waals surface area contributed by atoms with Gasteiger partial charge in [-0.15, -0.1) is 0 Å². The first kappa shape index (κ1) is 26.2. The van der Waals surface area contributed by atoms with Crippen LogP contribution in [-0.2, 0) is 16.4 Å². The molecule has 39 heavy (non-hydrogen) atoms. The maximum Gasteiger partial charge on any atom is 0.323 e. The van der Waals surface area contributed by atoms with Crippen LogP contribution in [0, 0.1) is 6.92 Å². The third-order valence-electron chi connectivity index (χ3n) is 6.28. The maximum atomic E-state index is 12.7. The average molecular weight is 546 g/mol. The lowest BCUT2D eigenvalue weighted by Crippen LogP contribution is -2.36. The van der Waals surface area contributed by atoms with Gasteiger partial charge in [0.15, 0.2) is 9.84 Å². The molecule has 11 nitrogen and oxygen atoms in total. The molecule has 1 aliphatic heterocycles. The number of fused-ring (bicyclic) bond motifs is 1. The van der Waals surface area contributed by atoms with E-state index in [9.17, 15) is 18.0 Å². The lowest BCUT2D eigenvalue weighted by molar-refractivity contribution is 0.0949. The lowest BCUT2D eigenvalue weighted by atomic mass is 10.1. The summed E-state index contributed by atoms with van der Waals surface area (Å²) in [5.74, 6) is 0.0753. The Hall–Kier alpha value is -4.45. The molecule has 4 aromatic heterocycles. The summed E-state index contributed by atoms with van der Waals surface area (Å²) in [7, 11) is -3.51. The summed E-state index contributed by atoms with van der Waals surface area (Å²) in [6.07, 6.45) is 4.09. The van der Waals surface area contributed by atoms with E-state index in [1.807, 2.05) is 38.1 Å². The van der Waals surface area contributed by atoms with Gasteiger partial charge in [-0.1, -0.05) is 6.07 Å². The van der Waals surface area contributed by atoms with Crippen LogP contribution in [0.15, 0.2) is 59.8 Å². The van der Waals surface area contributed by atoms with Crippen LogP contribution >= 0.6 is 0 Å². The van der Waals surface area contributed by atoms with Crippen LogP contribution in [0.1, 0.15) is 35.6 Å². The third-order valence-corrected chi connectivity index (χ3v) is 7.49. The van der Waals surface area contributed by atoms with Crippen molar-refractivity contribution >= 4 is 38.5 Å². The molecule has 4 aromatic rings.